The van der Waals surface area contributed by atoms with Crippen molar-refractivity contribution in [3.63, 3.8) is 0 Å². The first-order chi connectivity index (χ1) is 9.97. The van der Waals surface area contributed by atoms with Crippen molar-refractivity contribution < 1.29 is 19.2 Å². The molecule has 0 fully saturated rings. The number of ether oxygens (including phenoxy) is 2. The number of nitro benzene ring substituents is 1. The second-order valence-electron chi connectivity index (χ2n) is 4.08. The molecule has 1 aromatic rings. The second-order valence-corrected chi connectivity index (χ2v) is 4.99. The maximum atomic E-state index is 11.7. The van der Waals surface area contributed by atoms with E-state index >= 15 is 0 Å². The molecule has 0 amide bonds. The summed E-state index contributed by atoms with van der Waals surface area (Å²) in [5.74, 6) is -0.105. The minimum Gasteiger partial charge on any atom is -0.491 e. The fraction of sp³-hybridized carbons (Fsp3) is 0.462. The Labute approximate surface area is 130 Å². The summed E-state index contributed by atoms with van der Waals surface area (Å²) in [5, 5.41) is 13.7. The number of carbonyl (C=O) groups excluding carboxylic acids is 1. The fourth-order valence-electron chi connectivity index (χ4n) is 1.62. The van der Waals surface area contributed by atoms with E-state index in [1.807, 2.05) is 6.92 Å². The van der Waals surface area contributed by atoms with Crippen LogP contribution in [0.5, 0.6) is 5.75 Å². The summed E-state index contributed by atoms with van der Waals surface area (Å²) < 4.78 is 10.9. The third kappa shape index (κ3) is 5.68. The van der Waals surface area contributed by atoms with Crippen LogP contribution in [0.25, 0.3) is 0 Å². The number of carbonyl (C=O) groups is 1. The van der Waals surface area contributed by atoms with Crippen molar-refractivity contribution in [3.05, 3.63) is 32.8 Å². The molecule has 1 atom stereocenters. The topological polar surface area (TPSA) is 90.7 Å². The monoisotopic (exact) mass is 360 g/mol. The number of hydrogen-bond donors (Lipinski definition) is 1. The van der Waals surface area contributed by atoms with Crippen LogP contribution >= 0.6 is 15.9 Å². The normalized spacial score (nSPS) is 11.8. The van der Waals surface area contributed by atoms with Gasteiger partial charge in [-0.05, 0) is 19.5 Å². The molecule has 0 aliphatic rings. The Morgan fingerprint density at radius 1 is 1.43 bits per heavy atom. The number of rotatable bonds is 8. The molecule has 1 rings (SSSR count). The summed E-state index contributed by atoms with van der Waals surface area (Å²) >= 11 is 3.18. The molecule has 1 aromatic carbocycles. The Morgan fingerprint density at radius 2 is 2.14 bits per heavy atom. The number of hydrogen-bond acceptors (Lipinski definition) is 6. The Bertz CT molecular complexity index is 509. The van der Waals surface area contributed by atoms with Crippen LogP contribution in [0.2, 0.25) is 0 Å². The number of halogens is 1. The largest absolute Gasteiger partial charge is 0.491 e. The first-order valence-electron chi connectivity index (χ1n) is 6.45. The summed E-state index contributed by atoms with van der Waals surface area (Å²) in [4.78, 5) is 22.0. The van der Waals surface area contributed by atoms with Crippen molar-refractivity contribution in [3.8, 4) is 5.75 Å². The summed E-state index contributed by atoms with van der Waals surface area (Å²) in [6.45, 7) is 4.46. The number of benzene rings is 1. The molecule has 0 aliphatic heterocycles. The van der Waals surface area contributed by atoms with Gasteiger partial charge in [0.25, 0.3) is 5.69 Å². The average Bonchev–Trinajstić information content (AvgIpc) is 2.43. The van der Waals surface area contributed by atoms with Crippen molar-refractivity contribution in [1.82, 2.24) is 5.32 Å². The molecule has 0 aliphatic carbocycles. The van der Waals surface area contributed by atoms with E-state index in [4.69, 9.17) is 9.47 Å². The smallest absolute Gasteiger partial charge is 0.326 e. The summed E-state index contributed by atoms with van der Waals surface area (Å²) in [6.07, 6.45) is 0. The van der Waals surface area contributed by atoms with Gasteiger partial charge in [0.15, 0.2) is 0 Å². The van der Waals surface area contributed by atoms with E-state index in [9.17, 15) is 14.9 Å². The maximum absolute atomic E-state index is 11.7. The van der Waals surface area contributed by atoms with Crippen LogP contribution < -0.4 is 10.1 Å². The van der Waals surface area contributed by atoms with Crippen molar-refractivity contribution >= 4 is 27.6 Å². The molecule has 0 radical (unpaired) electrons. The third-order valence-electron chi connectivity index (χ3n) is 2.51. The van der Waals surface area contributed by atoms with Crippen molar-refractivity contribution in [2.24, 2.45) is 0 Å². The van der Waals surface area contributed by atoms with Gasteiger partial charge in [-0.3, -0.25) is 14.9 Å². The van der Waals surface area contributed by atoms with Crippen LogP contribution in [-0.2, 0) is 9.53 Å². The van der Waals surface area contributed by atoms with Crippen molar-refractivity contribution in [2.75, 3.05) is 19.8 Å². The van der Waals surface area contributed by atoms with Gasteiger partial charge in [-0.25, -0.2) is 0 Å². The maximum Gasteiger partial charge on any atom is 0.326 e. The SMILES string of the molecule is CCNC(COc1cc(Br)cc([N+](=O)[O-])c1)C(=O)OCC. The lowest BCUT2D eigenvalue weighted by atomic mass is 10.3. The first-order valence-corrected chi connectivity index (χ1v) is 7.25. The zero-order chi connectivity index (χ0) is 15.8. The van der Waals surface area contributed by atoms with E-state index in [1.54, 1.807) is 13.0 Å². The van der Waals surface area contributed by atoms with Gasteiger partial charge in [0.1, 0.15) is 18.4 Å². The average molecular weight is 361 g/mol. The van der Waals surface area contributed by atoms with Crippen molar-refractivity contribution in [1.29, 1.82) is 0 Å². The molecule has 1 N–H and O–H groups in total. The van der Waals surface area contributed by atoms with Crippen LogP contribution in [0, 0.1) is 10.1 Å². The number of nitrogens with one attached hydrogen (secondary N) is 1. The minimum absolute atomic E-state index is 0.0281. The third-order valence-corrected chi connectivity index (χ3v) is 2.96. The van der Waals surface area contributed by atoms with Crippen LogP contribution in [0.1, 0.15) is 13.8 Å². The highest BCUT2D eigenvalue weighted by Crippen LogP contribution is 2.26. The van der Waals surface area contributed by atoms with Crippen LogP contribution in [0.15, 0.2) is 22.7 Å². The summed E-state index contributed by atoms with van der Waals surface area (Å²) in [5.41, 5.74) is -0.0875. The molecular formula is C13H17BrN2O5. The summed E-state index contributed by atoms with van der Waals surface area (Å²) in [6, 6.07) is 3.66. The van der Waals surface area contributed by atoms with E-state index < -0.39 is 16.9 Å². The molecule has 21 heavy (non-hydrogen) atoms. The highest BCUT2D eigenvalue weighted by molar-refractivity contribution is 9.10. The van der Waals surface area contributed by atoms with Crippen molar-refractivity contribution in [2.45, 2.75) is 19.9 Å². The molecule has 8 heteroatoms. The number of nitrogens with zero attached hydrogens (tertiary/aromatic N) is 1. The first kappa shape index (κ1) is 17.4. The van der Waals surface area contributed by atoms with E-state index in [2.05, 4.69) is 21.2 Å². The van der Waals surface area contributed by atoms with Gasteiger partial charge in [-0.2, -0.15) is 0 Å². The molecular weight excluding hydrogens is 344 g/mol. The molecule has 0 aromatic heterocycles. The van der Waals surface area contributed by atoms with E-state index in [0.717, 1.165) is 0 Å². The number of non-ortho nitro benzene ring substituents is 1. The lowest BCUT2D eigenvalue weighted by Crippen LogP contribution is -2.42. The van der Waals surface area contributed by atoms with Gasteiger partial charge in [-0.1, -0.05) is 22.9 Å². The fourth-order valence-corrected chi connectivity index (χ4v) is 2.08. The predicted octanol–water partition coefficient (Wildman–Crippen LogP) is 2.28. The quantitative estimate of drug-likeness (QED) is 0.434. The highest BCUT2D eigenvalue weighted by atomic mass is 79.9. The lowest BCUT2D eigenvalue weighted by Gasteiger charge is -2.17. The van der Waals surface area contributed by atoms with Gasteiger partial charge in [0.2, 0.25) is 0 Å². The minimum atomic E-state index is -0.618. The van der Waals surface area contributed by atoms with Crippen LogP contribution in [0.3, 0.4) is 0 Å². The van der Waals surface area contributed by atoms with E-state index in [-0.39, 0.29) is 18.9 Å². The zero-order valence-electron chi connectivity index (χ0n) is 11.8. The highest BCUT2D eigenvalue weighted by Gasteiger charge is 2.20. The molecule has 0 heterocycles. The zero-order valence-corrected chi connectivity index (χ0v) is 13.4. The van der Waals surface area contributed by atoms with Gasteiger partial charge in [-0.15, -0.1) is 0 Å². The predicted molar refractivity (Wildman–Crippen MR) is 80.4 cm³/mol. The Hall–Kier alpha value is -1.67. The van der Waals surface area contributed by atoms with Gasteiger partial charge in [0, 0.05) is 10.5 Å². The van der Waals surface area contributed by atoms with E-state index in [0.29, 0.717) is 16.8 Å². The Kier molecular flexibility index (Phi) is 7.10. The standard InChI is InChI=1S/C13H17BrN2O5/c1-3-15-12(13(17)20-4-2)8-21-11-6-9(14)5-10(7-11)16(18)19/h5-7,12,15H,3-4,8H2,1-2H3. The summed E-state index contributed by atoms with van der Waals surface area (Å²) in [7, 11) is 0. The van der Waals surface area contributed by atoms with Gasteiger partial charge >= 0.3 is 5.97 Å². The molecule has 1 unspecified atom stereocenters. The Balaban J connectivity index is 2.75. The molecule has 116 valence electrons. The number of likely N-dealkylation sites (N-methyl/N-ethyl adjacent to an activating group) is 1. The number of esters is 1. The van der Waals surface area contributed by atoms with Gasteiger partial charge in [0.05, 0.1) is 17.6 Å². The van der Waals surface area contributed by atoms with Gasteiger partial charge < -0.3 is 14.8 Å². The number of nitro groups is 1. The second kappa shape index (κ2) is 8.58. The molecule has 7 nitrogen and oxygen atoms in total. The van der Waals surface area contributed by atoms with Crippen LogP contribution in [-0.4, -0.2) is 36.7 Å². The van der Waals surface area contributed by atoms with E-state index in [1.165, 1.54) is 12.1 Å². The lowest BCUT2D eigenvalue weighted by molar-refractivity contribution is -0.385. The molecule has 0 bridgehead atoms. The Morgan fingerprint density at radius 3 is 2.71 bits per heavy atom. The molecule has 0 saturated heterocycles. The molecule has 0 saturated carbocycles. The molecule has 0 spiro atoms. The van der Waals surface area contributed by atoms with Crippen LogP contribution in [0.4, 0.5) is 5.69 Å².